The van der Waals surface area contributed by atoms with Crippen LogP contribution in [-0.2, 0) is 4.79 Å². The number of hydrogen-bond donors (Lipinski definition) is 2. The molecule has 0 unspecified atom stereocenters. The van der Waals surface area contributed by atoms with Crippen LogP contribution >= 0.6 is 11.6 Å². The van der Waals surface area contributed by atoms with Gasteiger partial charge >= 0.3 is 0 Å². The van der Waals surface area contributed by atoms with Gasteiger partial charge in [-0.2, -0.15) is 0 Å². The molecule has 1 aliphatic rings. The first kappa shape index (κ1) is 16.3. The smallest absolute Gasteiger partial charge is 0.238 e. The first-order valence-electron chi connectivity index (χ1n) is 7.61. The van der Waals surface area contributed by atoms with Gasteiger partial charge in [-0.05, 0) is 57.1 Å². The van der Waals surface area contributed by atoms with E-state index in [4.69, 9.17) is 11.6 Å². The van der Waals surface area contributed by atoms with Crippen LogP contribution in [0.5, 0.6) is 0 Å². The minimum Gasteiger partial charge on any atom is -0.325 e. The lowest BCUT2D eigenvalue weighted by Gasteiger charge is -2.33. The first-order valence-corrected chi connectivity index (χ1v) is 7.98. The molecule has 2 rings (SSSR count). The van der Waals surface area contributed by atoms with Crippen molar-refractivity contribution in [2.24, 2.45) is 0 Å². The number of nitrogens with one attached hydrogen (secondary N) is 2. The van der Waals surface area contributed by atoms with Gasteiger partial charge in [0.1, 0.15) is 0 Å². The number of amides is 1. The van der Waals surface area contributed by atoms with Crippen LogP contribution in [0.4, 0.5) is 5.69 Å². The van der Waals surface area contributed by atoms with E-state index in [1.807, 2.05) is 19.1 Å². The zero-order chi connectivity index (χ0) is 15.2. The number of aryl methyl sites for hydroxylation is 1. The third-order valence-corrected chi connectivity index (χ3v) is 4.44. The number of hydrogen-bond acceptors (Lipinski definition) is 3. The van der Waals surface area contributed by atoms with E-state index < -0.39 is 0 Å². The van der Waals surface area contributed by atoms with E-state index in [0.717, 1.165) is 43.7 Å². The molecule has 1 fully saturated rings. The molecular weight excluding hydrogens is 286 g/mol. The summed E-state index contributed by atoms with van der Waals surface area (Å²) in [5.41, 5.74) is 1.77. The maximum absolute atomic E-state index is 12.2. The summed E-state index contributed by atoms with van der Waals surface area (Å²) in [6, 6.07) is 6.11. The van der Waals surface area contributed by atoms with Gasteiger partial charge in [-0.25, -0.2) is 0 Å². The number of piperidine rings is 1. The third-order valence-electron chi connectivity index (χ3n) is 4.03. The van der Waals surface area contributed by atoms with Crippen LogP contribution in [0.2, 0.25) is 5.02 Å². The van der Waals surface area contributed by atoms with E-state index in [9.17, 15) is 4.79 Å². The summed E-state index contributed by atoms with van der Waals surface area (Å²) in [4.78, 5) is 14.5. The van der Waals surface area contributed by atoms with Gasteiger partial charge in [-0.15, -0.1) is 0 Å². The summed E-state index contributed by atoms with van der Waals surface area (Å²) in [7, 11) is 0. The highest BCUT2D eigenvalue weighted by Crippen LogP contribution is 2.20. The van der Waals surface area contributed by atoms with Gasteiger partial charge in [0.2, 0.25) is 5.91 Å². The molecule has 2 N–H and O–H groups in total. The zero-order valence-electron chi connectivity index (χ0n) is 12.8. The van der Waals surface area contributed by atoms with E-state index in [0.29, 0.717) is 17.6 Å². The highest BCUT2D eigenvalue weighted by molar-refractivity contribution is 6.31. The van der Waals surface area contributed by atoms with Gasteiger partial charge in [0, 0.05) is 16.8 Å². The number of carbonyl (C=O) groups is 1. The lowest BCUT2D eigenvalue weighted by Crippen LogP contribution is -2.46. The Bertz CT molecular complexity index is 486. The highest BCUT2D eigenvalue weighted by Gasteiger charge is 2.21. The molecule has 1 amide bonds. The Labute approximate surface area is 131 Å². The van der Waals surface area contributed by atoms with Crippen molar-refractivity contribution < 1.29 is 4.79 Å². The van der Waals surface area contributed by atoms with E-state index in [-0.39, 0.29) is 5.91 Å². The van der Waals surface area contributed by atoms with Crippen molar-refractivity contribution in [3.63, 3.8) is 0 Å². The van der Waals surface area contributed by atoms with Gasteiger partial charge in [-0.1, -0.05) is 24.6 Å². The van der Waals surface area contributed by atoms with Gasteiger partial charge in [0.15, 0.2) is 0 Å². The summed E-state index contributed by atoms with van der Waals surface area (Å²) >= 11 is 6.08. The largest absolute Gasteiger partial charge is 0.325 e. The quantitative estimate of drug-likeness (QED) is 0.879. The minimum absolute atomic E-state index is 0.0234. The minimum atomic E-state index is 0.0234. The van der Waals surface area contributed by atoms with Crippen molar-refractivity contribution in [3.05, 3.63) is 28.8 Å². The summed E-state index contributed by atoms with van der Waals surface area (Å²) in [6.07, 6.45) is 2.22. The predicted octanol–water partition coefficient (Wildman–Crippen LogP) is 2.66. The topological polar surface area (TPSA) is 44.4 Å². The molecule has 1 aromatic carbocycles. The number of benzene rings is 1. The molecule has 4 nitrogen and oxygen atoms in total. The molecule has 0 spiro atoms. The number of halogens is 1. The Morgan fingerprint density at radius 2 is 2.14 bits per heavy atom. The predicted molar refractivity (Wildman–Crippen MR) is 88.0 cm³/mol. The molecule has 0 aliphatic carbocycles. The van der Waals surface area contributed by atoms with Crippen molar-refractivity contribution >= 4 is 23.2 Å². The summed E-state index contributed by atoms with van der Waals surface area (Å²) in [6.45, 7) is 7.47. The van der Waals surface area contributed by atoms with Gasteiger partial charge in [-0.3, -0.25) is 9.69 Å². The number of nitrogens with zero attached hydrogens (tertiary/aromatic N) is 1. The second-order valence-corrected chi connectivity index (χ2v) is 5.96. The Kier molecular flexibility index (Phi) is 6.03. The van der Waals surface area contributed by atoms with E-state index in [1.165, 1.54) is 0 Å². The van der Waals surface area contributed by atoms with Gasteiger partial charge in [0.25, 0.3) is 0 Å². The van der Waals surface area contributed by atoms with Gasteiger partial charge < -0.3 is 10.6 Å². The lowest BCUT2D eigenvalue weighted by atomic mass is 10.0. The first-order chi connectivity index (χ1) is 10.1. The number of carbonyl (C=O) groups excluding carboxylic acids is 1. The molecule has 1 aliphatic heterocycles. The monoisotopic (exact) mass is 309 g/mol. The molecule has 5 heteroatoms. The van der Waals surface area contributed by atoms with E-state index >= 15 is 0 Å². The fourth-order valence-electron chi connectivity index (χ4n) is 2.73. The summed E-state index contributed by atoms with van der Waals surface area (Å²) in [5.74, 6) is 0.0234. The molecule has 21 heavy (non-hydrogen) atoms. The number of anilines is 1. The SMILES string of the molecule is CCN(CC(=O)Nc1ccc(C)c(Cl)c1)C1CCNCC1. The van der Waals surface area contributed by atoms with E-state index in [1.54, 1.807) is 6.07 Å². The fourth-order valence-corrected chi connectivity index (χ4v) is 2.91. The fraction of sp³-hybridized carbons (Fsp3) is 0.562. The van der Waals surface area contributed by atoms with Crippen LogP contribution in [0, 0.1) is 6.92 Å². The maximum Gasteiger partial charge on any atom is 0.238 e. The molecule has 116 valence electrons. The number of rotatable bonds is 5. The van der Waals surface area contributed by atoms with Crippen molar-refractivity contribution in [1.82, 2.24) is 10.2 Å². The number of likely N-dealkylation sites (N-methyl/N-ethyl adjacent to an activating group) is 1. The average Bonchev–Trinajstić information content (AvgIpc) is 2.49. The Morgan fingerprint density at radius 3 is 2.76 bits per heavy atom. The van der Waals surface area contributed by atoms with Crippen LogP contribution in [0.3, 0.4) is 0 Å². The van der Waals surface area contributed by atoms with E-state index in [2.05, 4.69) is 22.5 Å². The van der Waals surface area contributed by atoms with Crippen molar-refractivity contribution in [3.8, 4) is 0 Å². The molecule has 1 aromatic rings. The Hall–Kier alpha value is -1.10. The molecule has 1 heterocycles. The van der Waals surface area contributed by atoms with Crippen LogP contribution in [-0.4, -0.2) is 43.0 Å². The summed E-state index contributed by atoms with van der Waals surface area (Å²) in [5, 5.41) is 6.97. The van der Waals surface area contributed by atoms with Crippen molar-refractivity contribution in [2.45, 2.75) is 32.7 Å². The molecular formula is C16H24ClN3O. The molecule has 0 atom stereocenters. The zero-order valence-corrected chi connectivity index (χ0v) is 13.5. The average molecular weight is 310 g/mol. The maximum atomic E-state index is 12.2. The molecule has 0 bridgehead atoms. The second kappa shape index (κ2) is 7.78. The standard InChI is InChI=1S/C16H24ClN3O/c1-3-20(14-6-8-18-9-7-14)11-16(21)19-13-5-4-12(2)15(17)10-13/h4-5,10,14,18H,3,6-9,11H2,1-2H3,(H,19,21). The molecule has 0 saturated carbocycles. The van der Waals surface area contributed by atoms with Crippen LogP contribution < -0.4 is 10.6 Å². The van der Waals surface area contributed by atoms with Crippen LogP contribution in [0.1, 0.15) is 25.3 Å². The normalized spacial score (nSPS) is 16.2. The molecule has 0 radical (unpaired) electrons. The highest BCUT2D eigenvalue weighted by atomic mass is 35.5. The van der Waals surface area contributed by atoms with Gasteiger partial charge in [0.05, 0.1) is 6.54 Å². The van der Waals surface area contributed by atoms with Crippen molar-refractivity contribution in [1.29, 1.82) is 0 Å². The third kappa shape index (κ3) is 4.70. The lowest BCUT2D eigenvalue weighted by molar-refractivity contribution is -0.118. The summed E-state index contributed by atoms with van der Waals surface area (Å²) < 4.78 is 0. The van der Waals surface area contributed by atoms with Crippen LogP contribution in [0.25, 0.3) is 0 Å². The Morgan fingerprint density at radius 1 is 1.43 bits per heavy atom. The molecule has 0 aromatic heterocycles. The van der Waals surface area contributed by atoms with Crippen molar-refractivity contribution in [2.75, 3.05) is 31.5 Å². The Balaban J connectivity index is 1.91. The molecule has 1 saturated heterocycles. The van der Waals surface area contributed by atoms with Crippen LogP contribution in [0.15, 0.2) is 18.2 Å². The second-order valence-electron chi connectivity index (χ2n) is 5.56.